The van der Waals surface area contributed by atoms with E-state index in [9.17, 15) is 24.0 Å². The van der Waals surface area contributed by atoms with Gasteiger partial charge in [-0.25, -0.2) is 9.69 Å². The number of hydrogen-bond donors (Lipinski definition) is 2. The van der Waals surface area contributed by atoms with Crippen molar-refractivity contribution in [1.29, 1.82) is 0 Å². The molecule has 5 amide bonds. The molecule has 5 rings (SSSR count). The number of methoxy groups -OCH3 is 1. The molecule has 1 heterocycles. The molecule has 58 heavy (non-hydrogen) atoms. The van der Waals surface area contributed by atoms with Crippen LogP contribution in [0.15, 0.2) is 103 Å². The van der Waals surface area contributed by atoms with Gasteiger partial charge in [0.2, 0.25) is 11.7 Å². The Hall–Kier alpha value is -5.68. The standard InChI is InChI=1S/C46H53ClN4O7/c1-8-44(3,4)33-24-27-37(36(29-33)45(5,6)9-2)58-28-16-21-38(52)49-40-41(54)51(43(56)50(40)30-31-17-12-10-13-18-31)46(47,42(55)48-34-19-14-11-15-20-34)39(53)32-22-25-35(57-7)26-23-32/h10-15,17-20,22-27,29,40H,8-9,16,21,28,30H2,1-7H3,(H,48,55)(H,49,52). The molecule has 2 atom stereocenters. The highest BCUT2D eigenvalue weighted by Gasteiger charge is 2.61. The Labute approximate surface area is 346 Å². The number of amides is 5. The summed E-state index contributed by atoms with van der Waals surface area (Å²) in [5.74, 6) is -2.58. The third-order valence-corrected chi connectivity index (χ3v) is 11.6. The molecule has 1 aliphatic heterocycles. The third kappa shape index (κ3) is 9.37. The van der Waals surface area contributed by atoms with Crippen molar-refractivity contribution in [2.24, 2.45) is 0 Å². The number of ketones is 1. The number of nitrogens with zero attached hydrogens (tertiary/aromatic N) is 2. The van der Waals surface area contributed by atoms with Gasteiger partial charge in [-0.2, -0.15) is 0 Å². The molecular formula is C46H53ClN4O7. The number of hydrogen-bond acceptors (Lipinski definition) is 7. The Morgan fingerprint density at radius 2 is 1.43 bits per heavy atom. The number of nitrogens with one attached hydrogen (secondary N) is 2. The van der Waals surface area contributed by atoms with Crippen molar-refractivity contribution < 1.29 is 33.4 Å². The molecule has 0 saturated carbocycles. The zero-order valence-electron chi connectivity index (χ0n) is 34.3. The lowest BCUT2D eigenvalue weighted by Gasteiger charge is -2.32. The lowest BCUT2D eigenvalue weighted by molar-refractivity contribution is -0.137. The van der Waals surface area contributed by atoms with Crippen LogP contribution in [0.3, 0.4) is 0 Å². The summed E-state index contributed by atoms with van der Waals surface area (Å²) in [6, 6.07) is 28.1. The number of carbonyl (C=O) groups is 5. The number of ether oxygens (including phenoxy) is 2. The zero-order valence-corrected chi connectivity index (χ0v) is 35.0. The fourth-order valence-electron chi connectivity index (χ4n) is 6.57. The second kappa shape index (κ2) is 18.3. The van der Waals surface area contributed by atoms with Gasteiger partial charge in [0, 0.05) is 29.8 Å². The van der Waals surface area contributed by atoms with Crippen LogP contribution in [0, 0.1) is 0 Å². The SMILES string of the molecule is CCC(C)(C)c1ccc(OCCCC(=O)NC2C(=O)N(C(Cl)(C(=O)Nc3ccccc3)C(=O)c3ccc(OC)cc3)C(=O)N2Cc2ccccc2)c(C(C)(C)CC)c1. The summed E-state index contributed by atoms with van der Waals surface area (Å²) >= 11 is 7.06. The smallest absolute Gasteiger partial charge is 0.331 e. The predicted molar refractivity (Wildman–Crippen MR) is 225 cm³/mol. The number of Topliss-reactive ketones (excluding diaryl/α,β-unsaturated/α-hetero) is 1. The molecule has 4 aromatic carbocycles. The van der Waals surface area contributed by atoms with Crippen LogP contribution in [0.2, 0.25) is 0 Å². The van der Waals surface area contributed by atoms with Crippen LogP contribution < -0.4 is 20.1 Å². The Morgan fingerprint density at radius 3 is 2.03 bits per heavy atom. The highest BCUT2D eigenvalue weighted by atomic mass is 35.5. The number of anilines is 1. The summed E-state index contributed by atoms with van der Waals surface area (Å²) in [6.07, 6.45) is 0.548. The van der Waals surface area contributed by atoms with Crippen LogP contribution >= 0.6 is 11.6 Å². The first-order valence-electron chi connectivity index (χ1n) is 19.6. The minimum Gasteiger partial charge on any atom is -0.497 e. The van der Waals surface area contributed by atoms with Gasteiger partial charge in [0.1, 0.15) is 11.5 Å². The molecule has 0 aromatic heterocycles. The first-order valence-corrected chi connectivity index (χ1v) is 19.9. The number of alkyl halides is 1. The van der Waals surface area contributed by atoms with Crippen molar-refractivity contribution in [1.82, 2.24) is 15.1 Å². The molecule has 306 valence electrons. The van der Waals surface area contributed by atoms with Crippen molar-refractivity contribution in [3.8, 4) is 11.5 Å². The van der Waals surface area contributed by atoms with E-state index in [1.165, 1.54) is 36.9 Å². The van der Waals surface area contributed by atoms with Gasteiger partial charge in [0.15, 0.2) is 6.17 Å². The Balaban J connectivity index is 1.40. The minimum absolute atomic E-state index is 0.00396. The van der Waals surface area contributed by atoms with Crippen LogP contribution in [0.5, 0.6) is 11.5 Å². The van der Waals surface area contributed by atoms with Gasteiger partial charge in [-0.1, -0.05) is 114 Å². The number of benzene rings is 4. The number of rotatable bonds is 18. The molecule has 0 bridgehead atoms. The molecule has 11 nitrogen and oxygen atoms in total. The van der Waals surface area contributed by atoms with Gasteiger partial charge in [0.25, 0.3) is 16.8 Å². The quantitative estimate of drug-likeness (QED) is 0.0257. The fourth-order valence-corrected chi connectivity index (χ4v) is 6.88. The van der Waals surface area contributed by atoms with Crippen molar-refractivity contribution in [3.05, 3.63) is 125 Å². The minimum atomic E-state index is -2.90. The van der Waals surface area contributed by atoms with Crippen molar-refractivity contribution in [3.63, 3.8) is 0 Å². The van der Waals surface area contributed by atoms with Gasteiger partial charge in [0.05, 0.1) is 13.7 Å². The summed E-state index contributed by atoms with van der Waals surface area (Å²) in [5.41, 5.74) is 3.01. The summed E-state index contributed by atoms with van der Waals surface area (Å²) in [5, 5.41) is 5.28. The number of para-hydroxylation sites is 1. The molecular weight excluding hydrogens is 756 g/mol. The highest BCUT2D eigenvalue weighted by molar-refractivity contribution is 6.51. The van der Waals surface area contributed by atoms with E-state index in [-0.39, 0.29) is 41.7 Å². The van der Waals surface area contributed by atoms with Crippen LogP contribution in [-0.2, 0) is 31.8 Å². The first kappa shape index (κ1) is 43.4. The number of imide groups is 1. The fraction of sp³-hybridized carbons (Fsp3) is 0.370. The molecule has 1 saturated heterocycles. The third-order valence-electron chi connectivity index (χ3n) is 11.1. The average molecular weight is 809 g/mol. The summed E-state index contributed by atoms with van der Waals surface area (Å²) in [6.45, 7) is 13.2. The number of halogens is 1. The zero-order chi connectivity index (χ0) is 42.3. The van der Waals surface area contributed by atoms with E-state index in [2.05, 4.69) is 64.3 Å². The maximum atomic E-state index is 14.5. The van der Waals surface area contributed by atoms with Crippen LogP contribution in [0.4, 0.5) is 10.5 Å². The van der Waals surface area contributed by atoms with Gasteiger partial charge in [-0.3, -0.25) is 24.1 Å². The Bertz CT molecular complexity index is 2110. The predicted octanol–water partition coefficient (Wildman–Crippen LogP) is 8.59. The molecule has 2 unspecified atom stereocenters. The molecule has 0 aliphatic carbocycles. The largest absolute Gasteiger partial charge is 0.497 e. The van der Waals surface area contributed by atoms with Gasteiger partial charge in [-0.05, 0) is 83.7 Å². The van der Waals surface area contributed by atoms with Gasteiger partial charge in [-0.15, -0.1) is 0 Å². The van der Waals surface area contributed by atoms with E-state index in [0.29, 0.717) is 22.6 Å². The van der Waals surface area contributed by atoms with Gasteiger partial charge < -0.3 is 20.1 Å². The maximum Gasteiger partial charge on any atom is 0.331 e. The molecule has 0 spiro atoms. The lowest BCUT2D eigenvalue weighted by Crippen LogP contribution is -2.61. The summed E-state index contributed by atoms with van der Waals surface area (Å²) in [4.78, 5) is 69.7. The van der Waals surface area contributed by atoms with E-state index in [4.69, 9.17) is 21.1 Å². The topological polar surface area (TPSA) is 134 Å². The van der Waals surface area contributed by atoms with Crippen molar-refractivity contribution in [2.45, 2.75) is 95.8 Å². The molecule has 1 fully saturated rings. The molecule has 4 aromatic rings. The Morgan fingerprint density at radius 1 is 0.810 bits per heavy atom. The van der Waals surface area contributed by atoms with E-state index in [0.717, 1.165) is 29.1 Å². The summed E-state index contributed by atoms with van der Waals surface area (Å²) < 4.78 is 11.5. The first-order chi connectivity index (χ1) is 27.6. The second-order valence-electron chi connectivity index (χ2n) is 15.7. The lowest BCUT2D eigenvalue weighted by atomic mass is 9.76. The molecule has 0 radical (unpaired) electrons. The number of carbonyl (C=O) groups excluding carboxylic acids is 5. The van der Waals surface area contributed by atoms with Crippen molar-refractivity contribution >= 4 is 46.8 Å². The van der Waals surface area contributed by atoms with E-state index >= 15 is 0 Å². The highest BCUT2D eigenvalue weighted by Crippen LogP contribution is 2.39. The van der Waals surface area contributed by atoms with E-state index < -0.39 is 40.7 Å². The van der Waals surface area contributed by atoms with Crippen LogP contribution in [-0.4, -0.2) is 64.2 Å². The second-order valence-corrected chi connectivity index (χ2v) is 16.2. The van der Waals surface area contributed by atoms with Crippen molar-refractivity contribution in [2.75, 3.05) is 19.0 Å². The van der Waals surface area contributed by atoms with E-state index in [1.807, 2.05) is 6.07 Å². The number of urea groups is 1. The maximum absolute atomic E-state index is 14.5. The summed E-state index contributed by atoms with van der Waals surface area (Å²) in [7, 11) is 1.46. The molecule has 12 heteroatoms. The molecule has 1 aliphatic rings. The van der Waals surface area contributed by atoms with Crippen LogP contribution in [0.25, 0.3) is 0 Å². The average Bonchev–Trinajstić information content (AvgIpc) is 3.46. The monoisotopic (exact) mass is 808 g/mol. The van der Waals surface area contributed by atoms with Crippen LogP contribution in [0.1, 0.15) is 94.3 Å². The van der Waals surface area contributed by atoms with E-state index in [1.54, 1.807) is 60.7 Å². The van der Waals surface area contributed by atoms with Gasteiger partial charge >= 0.3 is 6.03 Å². The Kier molecular flexibility index (Phi) is 13.7. The normalized spacial score (nSPS) is 15.5. The molecule has 2 N–H and O–H groups in total.